The molecule has 1 amide bonds. The number of carbonyl (C=O) groups excluding carboxylic acids is 1. The largest absolute Gasteiger partial charge is 0.383 e. The first-order valence-corrected chi connectivity index (χ1v) is 7.63. The van der Waals surface area contributed by atoms with E-state index in [1.807, 2.05) is 43.3 Å². The average Bonchev–Trinajstić information content (AvgIpc) is 2.59. The molecule has 7 nitrogen and oxygen atoms in total. The number of nitrogens with one attached hydrogen (secondary N) is 1. The fraction of sp³-hybridized carbons (Fsp3) is 0.353. The van der Waals surface area contributed by atoms with Gasteiger partial charge in [-0.3, -0.25) is 9.59 Å². The van der Waals surface area contributed by atoms with Crippen molar-refractivity contribution >= 4 is 11.6 Å². The number of hydrogen-bond donors (Lipinski definition) is 1. The van der Waals surface area contributed by atoms with Crippen LogP contribution in [0.2, 0.25) is 0 Å². The summed E-state index contributed by atoms with van der Waals surface area (Å²) in [6.07, 6.45) is 0. The number of anilines is 1. The van der Waals surface area contributed by atoms with Gasteiger partial charge in [-0.25, -0.2) is 4.68 Å². The summed E-state index contributed by atoms with van der Waals surface area (Å²) >= 11 is 0. The average molecular weight is 330 g/mol. The van der Waals surface area contributed by atoms with E-state index in [4.69, 9.17) is 4.74 Å². The third kappa shape index (κ3) is 4.66. The second-order valence-electron chi connectivity index (χ2n) is 5.52. The molecule has 0 saturated carbocycles. The molecule has 128 valence electrons. The number of aromatic nitrogens is 2. The van der Waals surface area contributed by atoms with E-state index in [-0.39, 0.29) is 17.2 Å². The highest BCUT2D eigenvalue weighted by Gasteiger charge is 2.09. The maximum atomic E-state index is 12.2. The lowest BCUT2D eigenvalue weighted by Gasteiger charge is -2.13. The summed E-state index contributed by atoms with van der Waals surface area (Å²) < 4.78 is 6.16. The van der Waals surface area contributed by atoms with E-state index in [0.29, 0.717) is 19.7 Å². The molecular weight excluding hydrogens is 308 g/mol. The predicted octanol–water partition coefficient (Wildman–Crippen LogP) is 0.886. The quantitative estimate of drug-likeness (QED) is 0.816. The van der Waals surface area contributed by atoms with Crippen molar-refractivity contribution in [2.75, 3.05) is 32.7 Å². The summed E-state index contributed by atoms with van der Waals surface area (Å²) in [6.45, 7) is 1.06. The molecule has 24 heavy (non-hydrogen) atoms. The summed E-state index contributed by atoms with van der Waals surface area (Å²) in [5.41, 5.74) is 2.03. The van der Waals surface area contributed by atoms with Gasteiger partial charge >= 0.3 is 0 Å². The molecule has 0 atom stereocenters. The monoisotopic (exact) mass is 330 g/mol. The molecule has 0 spiro atoms. The summed E-state index contributed by atoms with van der Waals surface area (Å²) in [4.78, 5) is 25.9. The number of nitrogens with zero attached hydrogens (tertiary/aromatic N) is 3. The molecule has 0 radical (unpaired) electrons. The zero-order valence-electron chi connectivity index (χ0n) is 14.2. The zero-order valence-corrected chi connectivity index (χ0v) is 14.2. The van der Waals surface area contributed by atoms with Crippen molar-refractivity contribution in [3.8, 4) is 0 Å². The molecule has 0 fully saturated rings. The number of hydrogen-bond acceptors (Lipinski definition) is 5. The van der Waals surface area contributed by atoms with Crippen molar-refractivity contribution in [3.05, 3.63) is 58.0 Å². The van der Waals surface area contributed by atoms with Crippen molar-refractivity contribution in [1.82, 2.24) is 15.1 Å². The van der Waals surface area contributed by atoms with E-state index in [2.05, 4.69) is 10.4 Å². The van der Waals surface area contributed by atoms with Crippen molar-refractivity contribution in [1.29, 1.82) is 0 Å². The van der Waals surface area contributed by atoms with Crippen LogP contribution in [0.5, 0.6) is 0 Å². The van der Waals surface area contributed by atoms with Crippen LogP contribution in [0.3, 0.4) is 0 Å². The Bertz CT molecular complexity index is 738. The van der Waals surface area contributed by atoms with Crippen molar-refractivity contribution in [2.45, 2.75) is 13.1 Å². The molecule has 0 aliphatic carbocycles. The normalized spacial score (nSPS) is 10.5. The van der Waals surface area contributed by atoms with E-state index in [0.717, 1.165) is 11.3 Å². The van der Waals surface area contributed by atoms with Gasteiger partial charge in [0, 0.05) is 39.5 Å². The molecule has 0 aliphatic heterocycles. The number of rotatable bonds is 7. The fourth-order valence-electron chi connectivity index (χ4n) is 2.09. The maximum absolute atomic E-state index is 12.2. The second-order valence-corrected chi connectivity index (χ2v) is 5.52. The highest BCUT2D eigenvalue weighted by molar-refractivity contribution is 5.91. The molecule has 1 aromatic heterocycles. The Morgan fingerprint density at radius 3 is 2.54 bits per heavy atom. The van der Waals surface area contributed by atoms with Gasteiger partial charge < -0.3 is 15.0 Å². The Balaban J connectivity index is 2.00. The zero-order chi connectivity index (χ0) is 17.5. The van der Waals surface area contributed by atoms with Crippen LogP contribution in [0, 0.1) is 0 Å². The first kappa shape index (κ1) is 17.7. The fourth-order valence-corrected chi connectivity index (χ4v) is 2.09. The molecular formula is C17H22N4O3. The third-order valence-electron chi connectivity index (χ3n) is 3.51. The molecule has 1 aromatic carbocycles. The van der Waals surface area contributed by atoms with Crippen molar-refractivity contribution in [3.63, 3.8) is 0 Å². The molecule has 7 heteroatoms. The van der Waals surface area contributed by atoms with Gasteiger partial charge in [0.2, 0.25) is 0 Å². The smallest absolute Gasteiger partial charge is 0.271 e. The molecule has 2 aromatic rings. The SMILES string of the molecule is COCCn1nc(C(=O)NCc2ccc(N(C)C)cc2)ccc1=O. The molecule has 2 rings (SSSR count). The molecule has 0 bridgehead atoms. The minimum atomic E-state index is -0.321. The number of benzene rings is 1. The lowest BCUT2D eigenvalue weighted by atomic mass is 10.2. The van der Waals surface area contributed by atoms with Gasteiger partial charge in [-0.15, -0.1) is 0 Å². The Morgan fingerprint density at radius 1 is 1.21 bits per heavy atom. The minimum absolute atomic E-state index is 0.204. The van der Waals surface area contributed by atoms with Crippen LogP contribution in [-0.4, -0.2) is 43.5 Å². The lowest BCUT2D eigenvalue weighted by molar-refractivity contribution is 0.0942. The van der Waals surface area contributed by atoms with Gasteiger partial charge in [0.15, 0.2) is 0 Å². The second kappa shape index (κ2) is 8.26. The van der Waals surface area contributed by atoms with Gasteiger partial charge in [0.1, 0.15) is 5.69 Å². The first-order chi connectivity index (χ1) is 11.5. The Hall–Kier alpha value is -2.67. The van der Waals surface area contributed by atoms with Gasteiger partial charge in [0.05, 0.1) is 13.2 Å². The van der Waals surface area contributed by atoms with E-state index in [1.54, 1.807) is 7.11 Å². The molecule has 1 N–H and O–H groups in total. The standard InChI is InChI=1S/C17H22N4O3/c1-20(2)14-6-4-13(5-7-14)12-18-17(23)15-8-9-16(22)21(19-15)10-11-24-3/h4-9H,10-12H2,1-3H3,(H,18,23). The Labute approximate surface area is 140 Å². The highest BCUT2D eigenvalue weighted by Crippen LogP contribution is 2.12. The predicted molar refractivity (Wildman–Crippen MR) is 92.3 cm³/mol. The summed E-state index contributed by atoms with van der Waals surface area (Å²) in [5, 5.41) is 6.87. The number of ether oxygens (including phenoxy) is 1. The Morgan fingerprint density at radius 2 is 1.92 bits per heavy atom. The van der Waals surface area contributed by atoms with Crippen molar-refractivity contribution < 1.29 is 9.53 Å². The van der Waals surface area contributed by atoms with Crippen LogP contribution >= 0.6 is 0 Å². The van der Waals surface area contributed by atoms with E-state index in [9.17, 15) is 9.59 Å². The van der Waals surface area contributed by atoms with E-state index >= 15 is 0 Å². The summed E-state index contributed by atoms with van der Waals surface area (Å²) in [6, 6.07) is 10.7. The van der Waals surface area contributed by atoms with Crippen LogP contribution in [0.25, 0.3) is 0 Å². The number of methoxy groups -OCH3 is 1. The molecule has 0 unspecified atom stereocenters. The van der Waals surface area contributed by atoms with Gasteiger partial charge in [0.25, 0.3) is 11.5 Å². The van der Waals surface area contributed by atoms with Crippen LogP contribution in [0.15, 0.2) is 41.2 Å². The Kier molecular flexibility index (Phi) is 6.08. The third-order valence-corrected chi connectivity index (χ3v) is 3.51. The topological polar surface area (TPSA) is 76.5 Å². The number of amides is 1. The summed E-state index contributed by atoms with van der Waals surface area (Å²) in [5.74, 6) is -0.321. The van der Waals surface area contributed by atoms with Gasteiger partial charge in [-0.2, -0.15) is 5.10 Å². The minimum Gasteiger partial charge on any atom is -0.383 e. The van der Waals surface area contributed by atoms with Crippen LogP contribution < -0.4 is 15.8 Å². The lowest BCUT2D eigenvalue weighted by Crippen LogP contribution is -2.30. The van der Waals surface area contributed by atoms with Crippen LogP contribution in [0.1, 0.15) is 16.1 Å². The van der Waals surface area contributed by atoms with Crippen LogP contribution in [0.4, 0.5) is 5.69 Å². The number of carbonyl (C=O) groups is 1. The molecule has 1 heterocycles. The van der Waals surface area contributed by atoms with Gasteiger partial charge in [-0.05, 0) is 23.8 Å². The molecule has 0 saturated heterocycles. The molecule has 0 aliphatic rings. The summed E-state index contributed by atoms with van der Waals surface area (Å²) in [7, 11) is 5.49. The van der Waals surface area contributed by atoms with Crippen LogP contribution in [-0.2, 0) is 17.8 Å². The maximum Gasteiger partial charge on any atom is 0.271 e. The highest BCUT2D eigenvalue weighted by atomic mass is 16.5. The van der Waals surface area contributed by atoms with Crippen molar-refractivity contribution in [2.24, 2.45) is 0 Å². The first-order valence-electron chi connectivity index (χ1n) is 7.63. The van der Waals surface area contributed by atoms with E-state index < -0.39 is 0 Å². The van der Waals surface area contributed by atoms with Gasteiger partial charge in [-0.1, -0.05) is 12.1 Å². The van der Waals surface area contributed by atoms with E-state index in [1.165, 1.54) is 16.8 Å².